The summed E-state index contributed by atoms with van der Waals surface area (Å²) < 4.78 is 2.06. The fourth-order valence-electron chi connectivity index (χ4n) is 3.11. The lowest BCUT2D eigenvalue weighted by molar-refractivity contribution is -0.124. The van der Waals surface area contributed by atoms with Crippen LogP contribution in [0, 0.1) is 12.8 Å². The third-order valence-corrected chi connectivity index (χ3v) is 4.22. The van der Waals surface area contributed by atoms with Crippen LogP contribution in [-0.4, -0.2) is 15.3 Å². The summed E-state index contributed by atoms with van der Waals surface area (Å²) in [5.74, 6) is 1.59. The van der Waals surface area contributed by atoms with Crippen LogP contribution in [-0.2, 0) is 11.3 Å². The van der Waals surface area contributed by atoms with E-state index in [0.29, 0.717) is 12.3 Å². The second-order valence-corrected chi connectivity index (χ2v) is 5.54. The van der Waals surface area contributed by atoms with E-state index in [1.165, 1.54) is 19.3 Å². The fraction of sp³-hybridized carbons (Fsp3) is 0.500. The lowest BCUT2D eigenvalue weighted by Crippen LogP contribution is -2.22. The molecule has 0 atom stereocenters. The van der Waals surface area contributed by atoms with E-state index in [1.54, 1.807) is 0 Å². The second-order valence-electron chi connectivity index (χ2n) is 5.54. The van der Waals surface area contributed by atoms with Crippen molar-refractivity contribution in [2.75, 3.05) is 0 Å². The molecule has 1 saturated carbocycles. The molecular formula is C16H20N2O. The summed E-state index contributed by atoms with van der Waals surface area (Å²) in [5.41, 5.74) is 2.06. The van der Waals surface area contributed by atoms with Crippen LogP contribution in [0.5, 0.6) is 0 Å². The Morgan fingerprint density at radius 1 is 1.26 bits per heavy atom. The summed E-state index contributed by atoms with van der Waals surface area (Å²) in [6.07, 6.45) is 5.85. The van der Waals surface area contributed by atoms with E-state index in [4.69, 9.17) is 0 Å². The van der Waals surface area contributed by atoms with Crippen molar-refractivity contribution < 1.29 is 4.79 Å². The van der Waals surface area contributed by atoms with Gasteiger partial charge in [-0.1, -0.05) is 31.4 Å². The number of hydrogen-bond acceptors (Lipinski definition) is 2. The van der Waals surface area contributed by atoms with E-state index in [9.17, 15) is 4.79 Å². The molecule has 3 nitrogen and oxygen atoms in total. The first kappa shape index (κ1) is 12.4. The van der Waals surface area contributed by atoms with Crippen molar-refractivity contribution in [2.45, 2.75) is 45.6 Å². The number of Topliss-reactive ketones (excluding diaryl/α,β-unsaturated/α-hetero) is 1. The van der Waals surface area contributed by atoms with Crippen molar-refractivity contribution in [3.05, 3.63) is 30.1 Å². The zero-order valence-electron chi connectivity index (χ0n) is 11.4. The van der Waals surface area contributed by atoms with E-state index in [0.717, 1.165) is 29.7 Å². The Hall–Kier alpha value is -1.64. The number of rotatable bonds is 3. The molecular weight excluding hydrogens is 236 g/mol. The lowest BCUT2D eigenvalue weighted by atomic mass is 9.86. The number of ketones is 1. The van der Waals surface area contributed by atoms with Crippen molar-refractivity contribution in [3.8, 4) is 0 Å². The Morgan fingerprint density at radius 3 is 2.79 bits per heavy atom. The summed E-state index contributed by atoms with van der Waals surface area (Å²) in [7, 11) is 0. The third-order valence-electron chi connectivity index (χ3n) is 4.22. The number of nitrogens with zero attached hydrogens (tertiary/aromatic N) is 2. The minimum atomic E-state index is 0.273. The van der Waals surface area contributed by atoms with Crippen LogP contribution < -0.4 is 0 Å². The highest BCUT2D eigenvalue weighted by atomic mass is 16.1. The first-order chi connectivity index (χ1) is 9.25. The molecule has 0 aliphatic heterocycles. The van der Waals surface area contributed by atoms with Gasteiger partial charge in [-0.2, -0.15) is 0 Å². The van der Waals surface area contributed by atoms with Crippen molar-refractivity contribution in [3.63, 3.8) is 0 Å². The Balaban J connectivity index is 1.84. The second kappa shape index (κ2) is 5.16. The number of aryl methyl sites for hydroxylation is 1. The van der Waals surface area contributed by atoms with Gasteiger partial charge in [0.05, 0.1) is 17.6 Å². The number of aromatic nitrogens is 2. The van der Waals surface area contributed by atoms with E-state index in [1.807, 2.05) is 31.2 Å². The van der Waals surface area contributed by atoms with Crippen molar-refractivity contribution in [2.24, 2.45) is 5.92 Å². The SMILES string of the molecule is Cc1nc2ccccc2n1CC(=O)C1CCCCC1. The Kier molecular flexibility index (Phi) is 3.36. The molecule has 0 spiro atoms. The van der Waals surface area contributed by atoms with Gasteiger partial charge in [-0.05, 0) is 31.9 Å². The maximum Gasteiger partial charge on any atom is 0.155 e. The van der Waals surface area contributed by atoms with E-state index in [2.05, 4.69) is 9.55 Å². The van der Waals surface area contributed by atoms with Gasteiger partial charge in [0.2, 0.25) is 0 Å². The lowest BCUT2D eigenvalue weighted by Gasteiger charge is -2.20. The molecule has 3 heteroatoms. The average molecular weight is 256 g/mol. The predicted molar refractivity (Wildman–Crippen MR) is 76.1 cm³/mol. The van der Waals surface area contributed by atoms with Gasteiger partial charge in [0.25, 0.3) is 0 Å². The average Bonchev–Trinajstić information content (AvgIpc) is 2.76. The molecule has 1 fully saturated rings. The van der Waals surface area contributed by atoms with Gasteiger partial charge in [-0.3, -0.25) is 4.79 Å². The number of hydrogen-bond donors (Lipinski definition) is 0. The summed E-state index contributed by atoms with van der Waals surface area (Å²) >= 11 is 0. The number of imidazole rings is 1. The van der Waals surface area contributed by atoms with Gasteiger partial charge in [-0.25, -0.2) is 4.98 Å². The molecule has 19 heavy (non-hydrogen) atoms. The maximum absolute atomic E-state index is 12.4. The topological polar surface area (TPSA) is 34.9 Å². The van der Waals surface area contributed by atoms with Crippen LogP contribution in [0.3, 0.4) is 0 Å². The maximum atomic E-state index is 12.4. The number of benzene rings is 1. The van der Waals surface area contributed by atoms with Crippen LogP contribution >= 0.6 is 0 Å². The summed E-state index contributed by atoms with van der Waals surface area (Å²) in [4.78, 5) is 16.9. The highest BCUT2D eigenvalue weighted by Gasteiger charge is 2.22. The molecule has 1 aliphatic rings. The number of carbonyl (C=O) groups excluding carboxylic acids is 1. The van der Waals surface area contributed by atoms with Crippen molar-refractivity contribution in [1.82, 2.24) is 9.55 Å². The fourth-order valence-corrected chi connectivity index (χ4v) is 3.11. The molecule has 0 unspecified atom stereocenters. The Bertz CT molecular complexity index is 594. The number of carbonyl (C=O) groups is 1. The van der Waals surface area contributed by atoms with Gasteiger partial charge in [0.1, 0.15) is 5.82 Å². The molecule has 0 radical (unpaired) electrons. The molecule has 0 saturated heterocycles. The van der Waals surface area contributed by atoms with Gasteiger partial charge in [-0.15, -0.1) is 0 Å². The summed E-state index contributed by atoms with van der Waals surface area (Å²) in [6, 6.07) is 8.04. The summed E-state index contributed by atoms with van der Waals surface area (Å²) in [5, 5.41) is 0. The van der Waals surface area contributed by atoms with Crippen LogP contribution in [0.1, 0.15) is 37.9 Å². The monoisotopic (exact) mass is 256 g/mol. The molecule has 0 bridgehead atoms. The zero-order valence-corrected chi connectivity index (χ0v) is 11.4. The smallest absolute Gasteiger partial charge is 0.155 e. The van der Waals surface area contributed by atoms with Crippen LogP contribution in [0.15, 0.2) is 24.3 Å². The van der Waals surface area contributed by atoms with Gasteiger partial charge >= 0.3 is 0 Å². The predicted octanol–water partition coefficient (Wildman–Crippen LogP) is 3.49. The highest BCUT2D eigenvalue weighted by Crippen LogP contribution is 2.25. The standard InChI is InChI=1S/C16H20N2O/c1-12-17-14-9-5-6-10-15(14)18(12)11-16(19)13-7-3-2-4-8-13/h5-6,9-10,13H,2-4,7-8,11H2,1H3. The minimum Gasteiger partial charge on any atom is -0.321 e. The van der Waals surface area contributed by atoms with Crippen molar-refractivity contribution >= 4 is 16.8 Å². The van der Waals surface area contributed by atoms with Gasteiger partial charge in [0, 0.05) is 5.92 Å². The first-order valence-electron chi connectivity index (χ1n) is 7.20. The molecule has 1 heterocycles. The highest BCUT2D eigenvalue weighted by molar-refractivity contribution is 5.84. The number of para-hydroxylation sites is 2. The molecule has 0 N–H and O–H groups in total. The third kappa shape index (κ3) is 2.42. The van der Waals surface area contributed by atoms with Crippen LogP contribution in [0.2, 0.25) is 0 Å². The minimum absolute atomic E-state index is 0.273. The van der Waals surface area contributed by atoms with Gasteiger partial charge < -0.3 is 4.57 Å². The molecule has 2 aromatic rings. The van der Waals surface area contributed by atoms with Crippen LogP contribution in [0.25, 0.3) is 11.0 Å². The van der Waals surface area contributed by atoms with Crippen LogP contribution in [0.4, 0.5) is 0 Å². The molecule has 1 aromatic heterocycles. The van der Waals surface area contributed by atoms with E-state index >= 15 is 0 Å². The first-order valence-corrected chi connectivity index (χ1v) is 7.20. The normalized spacial score (nSPS) is 16.9. The van der Waals surface area contributed by atoms with E-state index < -0.39 is 0 Å². The number of fused-ring (bicyclic) bond motifs is 1. The van der Waals surface area contributed by atoms with Gasteiger partial charge in [0.15, 0.2) is 5.78 Å². The molecule has 0 amide bonds. The molecule has 3 rings (SSSR count). The largest absolute Gasteiger partial charge is 0.321 e. The quantitative estimate of drug-likeness (QED) is 0.842. The molecule has 1 aromatic carbocycles. The molecule has 100 valence electrons. The zero-order chi connectivity index (χ0) is 13.2. The van der Waals surface area contributed by atoms with Crippen molar-refractivity contribution in [1.29, 1.82) is 0 Å². The van der Waals surface area contributed by atoms with E-state index in [-0.39, 0.29) is 5.92 Å². The summed E-state index contributed by atoms with van der Waals surface area (Å²) in [6.45, 7) is 2.46. The Labute approximate surface area is 113 Å². The Morgan fingerprint density at radius 2 is 2.00 bits per heavy atom. The molecule has 1 aliphatic carbocycles.